The van der Waals surface area contributed by atoms with Gasteiger partial charge >= 0.3 is 0 Å². The summed E-state index contributed by atoms with van der Waals surface area (Å²) in [6.07, 6.45) is 2.71. The average molecular weight is 264 g/mol. The van der Waals surface area contributed by atoms with E-state index in [0.717, 1.165) is 18.4 Å². The van der Waals surface area contributed by atoms with Crippen LogP contribution in [0, 0.1) is 11.8 Å². The molecule has 2 fully saturated rings. The van der Waals surface area contributed by atoms with Crippen LogP contribution in [0.2, 0.25) is 5.02 Å². The maximum atomic E-state index is 12.1. The molecule has 3 rings (SSSR count). The van der Waals surface area contributed by atoms with Crippen LogP contribution in [0.15, 0.2) is 24.3 Å². The van der Waals surface area contributed by atoms with Gasteiger partial charge in [0.1, 0.15) is 0 Å². The molecule has 1 aromatic carbocycles. The van der Waals surface area contributed by atoms with Gasteiger partial charge in [0.15, 0.2) is 0 Å². The number of nitrogens with one attached hydrogen (secondary N) is 1. The van der Waals surface area contributed by atoms with Gasteiger partial charge in [0.25, 0.3) is 0 Å². The third kappa shape index (κ3) is 2.15. The summed E-state index contributed by atoms with van der Waals surface area (Å²) in [4.78, 5) is 23.6. The van der Waals surface area contributed by atoms with Crippen molar-refractivity contribution in [2.45, 2.75) is 25.2 Å². The number of carbonyl (C=O) groups excluding carboxylic acids is 2. The van der Waals surface area contributed by atoms with E-state index in [9.17, 15) is 9.59 Å². The molecule has 0 aromatic heterocycles. The highest BCUT2D eigenvalue weighted by Gasteiger charge is 2.44. The Morgan fingerprint density at radius 1 is 1.22 bits per heavy atom. The minimum atomic E-state index is -0.228. The Morgan fingerprint density at radius 3 is 2.67 bits per heavy atom. The van der Waals surface area contributed by atoms with Gasteiger partial charge in [0.2, 0.25) is 11.8 Å². The Kier molecular flexibility index (Phi) is 2.86. The minimum Gasteiger partial charge on any atom is -0.296 e. The van der Waals surface area contributed by atoms with Crippen LogP contribution in [-0.2, 0) is 9.59 Å². The first-order valence-corrected chi connectivity index (χ1v) is 6.62. The molecule has 1 aromatic rings. The monoisotopic (exact) mass is 263 g/mol. The molecule has 1 aliphatic heterocycles. The molecule has 1 saturated carbocycles. The lowest BCUT2D eigenvalue weighted by Gasteiger charge is -2.30. The predicted molar refractivity (Wildman–Crippen MR) is 68.2 cm³/mol. The first-order valence-electron chi connectivity index (χ1n) is 6.24. The van der Waals surface area contributed by atoms with E-state index >= 15 is 0 Å². The van der Waals surface area contributed by atoms with E-state index in [-0.39, 0.29) is 23.7 Å². The Balaban J connectivity index is 1.95. The summed E-state index contributed by atoms with van der Waals surface area (Å²) in [7, 11) is 0. The molecule has 2 unspecified atom stereocenters. The van der Waals surface area contributed by atoms with Crippen molar-refractivity contribution in [3.8, 4) is 0 Å². The number of halogens is 1. The Labute approximate surface area is 111 Å². The molecule has 94 valence electrons. The van der Waals surface area contributed by atoms with Crippen LogP contribution in [0.4, 0.5) is 0 Å². The number of hydrogen-bond donors (Lipinski definition) is 1. The molecule has 2 aliphatic rings. The van der Waals surface area contributed by atoms with E-state index in [2.05, 4.69) is 5.32 Å². The smallest absolute Gasteiger partial charge is 0.234 e. The summed E-state index contributed by atoms with van der Waals surface area (Å²) in [5, 5.41) is 3.07. The van der Waals surface area contributed by atoms with Crippen molar-refractivity contribution in [3.05, 3.63) is 34.9 Å². The van der Waals surface area contributed by atoms with Crippen LogP contribution in [-0.4, -0.2) is 11.8 Å². The van der Waals surface area contributed by atoms with Crippen LogP contribution >= 0.6 is 11.6 Å². The van der Waals surface area contributed by atoms with E-state index < -0.39 is 0 Å². The van der Waals surface area contributed by atoms with Gasteiger partial charge in [-0.15, -0.1) is 0 Å². The largest absolute Gasteiger partial charge is 0.296 e. The fraction of sp³-hybridized carbons (Fsp3) is 0.429. The SMILES string of the molecule is O=C1CC(C2CC2)C(c2cccc(Cl)c2)C(=O)N1. The fourth-order valence-corrected chi connectivity index (χ4v) is 3.05. The quantitative estimate of drug-likeness (QED) is 0.834. The molecule has 2 amide bonds. The van der Waals surface area contributed by atoms with E-state index in [1.165, 1.54) is 0 Å². The zero-order valence-electron chi connectivity index (χ0n) is 9.86. The van der Waals surface area contributed by atoms with Crippen molar-refractivity contribution in [3.63, 3.8) is 0 Å². The number of piperidine rings is 1. The third-order valence-corrected chi connectivity index (χ3v) is 4.06. The summed E-state index contributed by atoms with van der Waals surface area (Å²) in [6.45, 7) is 0. The van der Waals surface area contributed by atoms with E-state index in [1.54, 1.807) is 6.07 Å². The highest BCUT2D eigenvalue weighted by atomic mass is 35.5. The van der Waals surface area contributed by atoms with Gasteiger partial charge in [0.05, 0.1) is 5.92 Å². The standard InChI is InChI=1S/C14H14ClNO2/c15-10-3-1-2-9(6-10)13-11(8-4-5-8)7-12(17)16-14(13)18/h1-3,6,8,11,13H,4-5,7H2,(H,16,17,18). The molecule has 0 bridgehead atoms. The van der Waals surface area contributed by atoms with Gasteiger partial charge in [-0.1, -0.05) is 23.7 Å². The summed E-state index contributed by atoms with van der Waals surface area (Å²) >= 11 is 5.98. The van der Waals surface area contributed by atoms with Crippen molar-refractivity contribution < 1.29 is 9.59 Å². The molecule has 1 aliphatic carbocycles. The van der Waals surface area contributed by atoms with Gasteiger partial charge in [-0.05, 0) is 42.4 Å². The normalized spacial score (nSPS) is 28.1. The lowest BCUT2D eigenvalue weighted by molar-refractivity contribution is -0.136. The summed E-state index contributed by atoms with van der Waals surface area (Å²) in [5.41, 5.74) is 0.921. The number of amides is 2. The minimum absolute atomic E-state index is 0.143. The van der Waals surface area contributed by atoms with E-state index in [4.69, 9.17) is 11.6 Å². The van der Waals surface area contributed by atoms with Crippen molar-refractivity contribution in [2.75, 3.05) is 0 Å². The number of imide groups is 1. The molecule has 1 heterocycles. The second-order valence-electron chi connectivity index (χ2n) is 5.15. The second-order valence-corrected chi connectivity index (χ2v) is 5.59. The highest BCUT2D eigenvalue weighted by Crippen LogP contribution is 2.47. The summed E-state index contributed by atoms with van der Waals surface area (Å²) < 4.78 is 0. The number of carbonyl (C=O) groups is 2. The molecule has 0 radical (unpaired) electrons. The zero-order valence-corrected chi connectivity index (χ0v) is 10.6. The first-order chi connectivity index (χ1) is 8.65. The van der Waals surface area contributed by atoms with E-state index in [1.807, 2.05) is 18.2 Å². The number of hydrogen-bond acceptors (Lipinski definition) is 2. The third-order valence-electron chi connectivity index (χ3n) is 3.83. The van der Waals surface area contributed by atoms with Gasteiger partial charge < -0.3 is 0 Å². The molecule has 1 N–H and O–H groups in total. The number of rotatable bonds is 2. The van der Waals surface area contributed by atoms with E-state index in [0.29, 0.717) is 17.4 Å². The van der Waals surface area contributed by atoms with Gasteiger partial charge in [0, 0.05) is 11.4 Å². The summed E-state index contributed by atoms with van der Waals surface area (Å²) in [6, 6.07) is 7.40. The molecule has 2 atom stereocenters. The molecular formula is C14H14ClNO2. The maximum absolute atomic E-state index is 12.1. The van der Waals surface area contributed by atoms with Crippen LogP contribution in [0.25, 0.3) is 0 Å². The van der Waals surface area contributed by atoms with Crippen LogP contribution < -0.4 is 5.32 Å². The molecule has 3 nitrogen and oxygen atoms in total. The molecule has 0 spiro atoms. The van der Waals surface area contributed by atoms with Crippen LogP contribution in [0.1, 0.15) is 30.7 Å². The lowest BCUT2D eigenvalue weighted by Crippen LogP contribution is -2.45. The van der Waals surface area contributed by atoms with Gasteiger partial charge in [-0.3, -0.25) is 14.9 Å². The zero-order chi connectivity index (χ0) is 12.7. The molecular weight excluding hydrogens is 250 g/mol. The number of benzene rings is 1. The Bertz CT molecular complexity index is 510. The maximum Gasteiger partial charge on any atom is 0.234 e. The van der Waals surface area contributed by atoms with Crippen molar-refractivity contribution in [1.82, 2.24) is 5.32 Å². The Morgan fingerprint density at radius 2 is 2.00 bits per heavy atom. The Hall–Kier alpha value is -1.35. The first kappa shape index (κ1) is 11.7. The van der Waals surface area contributed by atoms with Gasteiger partial charge in [-0.2, -0.15) is 0 Å². The van der Waals surface area contributed by atoms with Crippen LogP contribution in [0.5, 0.6) is 0 Å². The average Bonchev–Trinajstić information content (AvgIpc) is 3.11. The summed E-state index contributed by atoms with van der Waals surface area (Å²) in [5.74, 6) is 0.114. The molecule has 4 heteroatoms. The van der Waals surface area contributed by atoms with Gasteiger partial charge in [-0.25, -0.2) is 0 Å². The van der Waals surface area contributed by atoms with Crippen molar-refractivity contribution in [2.24, 2.45) is 11.8 Å². The second kappa shape index (κ2) is 4.39. The van der Waals surface area contributed by atoms with Crippen LogP contribution in [0.3, 0.4) is 0 Å². The highest BCUT2D eigenvalue weighted by molar-refractivity contribution is 6.30. The lowest BCUT2D eigenvalue weighted by atomic mass is 9.78. The topological polar surface area (TPSA) is 46.2 Å². The molecule has 18 heavy (non-hydrogen) atoms. The van der Waals surface area contributed by atoms with Crippen molar-refractivity contribution in [1.29, 1.82) is 0 Å². The predicted octanol–water partition coefficient (Wildman–Crippen LogP) is 2.50. The van der Waals surface area contributed by atoms with Crippen molar-refractivity contribution >= 4 is 23.4 Å². The molecule has 1 saturated heterocycles. The fourth-order valence-electron chi connectivity index (χ4n) is 2.85.